The summed E-state index contributed by atoms with van der Waals surface area (Å²) >= 11 is 0. The molecule has 0 saturated carbocycles. The van der Waals surface area contributed by atoms with Gasteiger partial charge in [0.05, 0.1) is 4.90 Å². The van der Waals surface area contributed by atoms with Crippen LogP contribution in [0.4, 0.5) is 0 Å². The molecule has 0 amide bonds. The summed E-state index contributed by atoms with van der Waals surface area (Å²) in [6.07, 6.45) is 1.74. The van der Waals surface area contributed by atoms with Gasteiger partial charge in [-0.2, -0.15) is 0 Å². The number of rotatable bonds is 3. The molecule has 1 aromatic rings. The zero-order valence-electron chi connectivity index (χ0n) is 15.2. The first-order valence-corrected chi connectivity index (χ1v) is 9.81. The zero-order valence-corrected chi connectivity index (χ0v) is 16.0. The summed E-state index contributed by atoms with van der Waals surface area (Å²) in [6.45, 7) is 12.1. The van der Waals surface area contributed by atoms with Gasteiger partial charge in [-0.05, 0) is 68.9 Å². The summed E-state index contributed by atoms with van der Waals surface area (Å²) in [7, 11) is -1.40. The minimum absolute atomic E-state index is 0.0131. The van der Waals surface area contributed by atoms with Gasteiger partial charge in [0.2, 0.25) is 10.0 Å². The molecule has 5 heteroatoms. The Balaban J connectivity index is 2.29. The summed E-state index contributed by atoms with van der Waals surface area (Å²) in [5.74, 6) is 0. The standard InChI is InChI=1S/C18H30N2O2S/c1-13-11-15(18(3,4)5)12-14(2)17(13)23(21,22)19-16-7-9-20(6)10-8-16/h11-12,16,19H,7-10H2,1-6H3. The Hall–Kier alpha value is -0.910. The maximum atomic E-state index is 12.9. The van der Waals surface area contributed by atoms with Crippen molar-refractivity contribution in [3.8, 4) is 0 Å². The fraction of sp³-hybridized carbons (Fsp3) is 0.667. The smallest absolute Gasteiger partial charge is 0.241 e. The SMILES string of the molecule is Cc1cc(C(C)(C)C)cc(C)c1S(=O)(=O)NC1CCN(C)CC1. The average molecular weight is 339 g/mol. The van der Waals surface area contributed by atoms with Crippen molar-refractivity contribution in [1.82, 2.24) is 9.62 Å². The maximum absolute atomic E-state index is 12.9. The van der Waals surface area contributed by atoms with E-state index >= 15 is 0 Å². The first-order chi connectivity index (χ1) is 10.5. The summed E-state index contributed by atoms with van der Waals surface area (Å²) in [5.41, 5.74) is 2.84. The number of likely N-dealkylation sites (tertiary alicyclic amines) is 1. The number of sulfonamides is 1. The quantitative estimate of drug-likeness (QED) is 0.922. The van der Waals surface area contributed by atoms with Crippen molar-refractivity contribution in [2.24, 2.45) is 0 Å². The molecule has 1 heterocycles. The summed E-state index contributed by atoms with van der Waals surface area (Å²) in [4.78, 5) is 2.68. The Bertz CT molecular complexity index is 644. The van der Waals surface area contributed by atoms with Crippen LogP contribution in [0.1, 0.15) is 50.3 Å². The molecule has 0 unspecified atom stereocenters. The van der Waals surface area contributed by atoms with Crippen molar-refractivity contribution >= 4 is 10.0 Å². The lowest BCUT2D eigenvalue weighted by Crippen LogP contribution is -2.43. The number of benzene rings is 1. The van der Waals surface area contributed by atoms with Crippen molar-refractivity contribution in [2.75, 3.05) is 20.1 Å². The normalized spacial score (nSPS) is 18.3. The van der Waals surface area contributed by atoms with Gasteiger partial charge in [-0.1, -0.05) is 32.9 Å². The van der Waals surface area contributed by atoms with Gasteiger partial charge >= 0.3 is 0 Å². The van der Waals surface area contributed by atoms with E-state index in [0.717, 1.165) is 37.1 Å². The Kier molecular flexibility index (Phi) is 5.24. The predicted octanol–water partition coefficient (Wildman–Crippen LogP) is 2.97. The Labute approximate surface area is 141 Å². The molecule has 130 valence electrons. The highest BCUT2D eigenvalue weighted by Crippen LogP contribution is 2.29. The molecule has 0 aromatic heterocycles. The van der Waals surface area contributed by atoms with E-state index in [9.17, 15) is 8.42 Å². The molecular formula is C18H30N2O2S. The minimum Gasteiger partial charge on any atom is -0.306 e. The topological polar surface area (TPSA) is 49.4 Å². The molecule has 23 heavy (non-hydrogen) atoms. The third kappa shape index (κ3) is 4.34. The van der Waals surface area contributed by atoms with Crippen LogP contribution in [-0.4, -0.2) is 39.5 Å². The van der Waals surface area contributed by atoms with Gasteiger partial charge in [-0.25, -0.2) is 13.1 Å². The fourth-order valence-corrected chi connectivity index (χ4v) is 4.97. The molecular weight excluding hydrogens is 308 g/mol. The van der Waals surface area contributed by atoms with Gasteiger partial charge in [0.15, 0.2) is 0 Å². The van der Waals surface area contributed by atoms with Gasteiger partial charge in [-0.15, -0.1) is 0 Å². The molecule has 0 aliphatic carbocycles. The van der Waals surface area contributed by atoms with Gasteiger partial charge in [0, 0.05) is 6.04 Å². The molecule has 0 bridgehead atoms. The number of hydrogen-bond acceptors (Lipinski definition) is 3. The van der Waals surface area contributed by atoms with E-state index in [1.165, 1.54) is 5.56 Å². The number of aryl methyl sites for hydroxylation is 2. The number of nitrogens with zero attached hydrogens (tertiary/aromatic N) is 1. The second kappa shape index (κ2) is 6.54. The van der Waals surface area contributed by atoms with Gasteiger partial charge in [0.25, 0.3) is 0 Å². The molecule has 1 saturated heterocycles. The van der Waals surface area contributed by atoms with Gasteiger partial charge in [0.1, 0.15) is 0 Å². The lowest BCUT2D eigenvalue weighted by Gasteiger charge is -2.30. The minimum atomic E-state index is -3.47. The molecule has 1 aromatic carbocycles. The highest BCUT2D eigenvalue weighted by atomic mass is 32.2. The summed E-state index contributed by atoms with van der Waals surface area (Å²) < 4.78 is 28.6. The maximum Gasteiger partial charge on any atom is 0.241 e. The summed E-state index contributed by atoms with van der Waals surface area (Å²) in [6, 6.07) is 4.06. The Morgan fingerprint density at radius 3 is 2.00 bits per heavy atom. The Morgan fingerprint density at radius 1 is 1.09 bits per heavy atom. The third-order valence-corrected chi connectivity index (χ3v) is 6.46. The van der Waals surface area contributed by atoms with Crippen LogP contribution in [-0.2, 0) is 15.4 Å². The lowest BCUT2D eigenvalue weighted by molar-refractivity contribution is 0.248. The first kappa shape index (κ1) is 18.4. The van der Waals surface area contributed by atoms with Crippen LogP contribution < -0.4 is 4.72 Å². The zero-order chi connectivity index (χ0) is 17.4. The third-order valence-electron chi connectivity index (χ3n) is 4.64. The van der Waals surface area contributed by atoms with Gasteiger partial charge in [-0.3, -0.25) is 0 Å². The van der Waals surface area contributed by atoms with Crippen molar-refractivity contribution in [1.29, 1.82) is 0 Å². The van der Waals surface area contributed by atoms with Gasteiger partial charge < -0.3 is 4.90 Å². The molecule has 2 rings (SSSR count). The molecule has 1 aliphatic rings. The molecule has 0 spiro atoms. The molecule has 0 radical (unpaired) electrons. The average Bonchev–Trinajstić information content (AvgIpc) is 2.39. The molecule has 1 N–H and O–H groups in total. The van der Waals surface area contributed by atoms with E-state index in [1.54, 1.807) is 0 Å². The van der Waals surface area contributed by atoms with E-state index < -0.39 is 10.0 Å². The molecule has 0 atom stereocenters. The van der Waals surface area contributed by atoms with Crippen LogP contribution in [0.3, 0.4) is 0 Å². The monoisotopic (exact) mass is 338 g/mol. The van der Waals surface area contributed by atoms with Crippen LogP contribution in [0.25, 0.3) is 0 Å². The van der Waals surface area contributed by atoms with E-state index in [1.807, 2.05) is 26.0 Å². The first-order valence-electron chi connectivity index (χ1n) is 8.33. The summed E-state index contributed by atoms with van der Waals surface area (Å²) in [5, 5.41) is 0. The van der Waals surface area contributed by atoms with Crippen LogP contribution in [0.5, 0.6) is 0 Å². The fourth-order valence-electron chi connectivity index (χ4n) is 3.21. The second-order valence-electron chi connectivity index (χ2n) is 7.89. The van der Waals surface area contributed by atoms with Crippen molar-refractivity contribution < 1.29 is 8.42 Å². The largest absolute Gasteiger partial charge is 0.306 e. The van der Waals surface area contributed by atoms with E-state index in [-0.39, 0.29) is 11.5 Å². The van der Waals surface area contributed by atoms with E-state index in [4.69, 9.17) is 0 Å². The predicted molar refractivity (Wildman–Crippen MR) is 95.5 cm³/mol. The molecule has 1 aliphatic heterocycles. The van der Waals surface area contributed by atoms with Crippen LogP contribution in [0.2, 0.25) is 0 Å². The molecule has 4 nitrogen and oxygen atoms in total. The number of hydrogen-bond donors (Lipinski definition) is 1. The second-order valence-corrected chi connectivity index (χ2v) is 9.54. The van der Waals surface area contributed by atoms with E-state index in [2.05, 4.69) is 37.4 Å². The highest BCUT2D eigenvalue weighted by molar-refractivity contribution is 7.89. The highest BCUT2D eigenvalue weighted by Gasteiger charge is 2.27. The lowest BCUT2D eigenvalue weighted by atomic mass is 9.85. The van der Waals surface area contributed by atoms with Crippen molar-refractivity contribution in [3.63, 3.8) is 0 Å². The van der Waals surface area contributed by atoms with Crippen LogP contribution in [0.15, 0.2) is 17.0 Å². The Morgan fingerprint density at radius 2 is 1.57 bits per heavy atom. The van der Waals surface area contributed by atoms with Crippen LogP contribution >= 0.6 is 0 Å². The number of nitrogens with one attached hydrogen (secondary N) is 1. The van der Waals surface area contributed by atoms with Crippen LogP contribution in [0, 0.1) is 13.8 Å². The number of piperidine rings is 1. The van der Waals surface area contributed by atoms with Crippen molar-refractivity contribution in [2.45, 2.75) is 63.8 Å². The molecule has 1 fully saturated rings. The van der Waals surface area contributed by atoms with Crippen molar-refractivity contribution in [3.05, 3.63) is 28.8 Å². The van der Waals surface area contributed by atoms with E-state index in [0.29, 0.717) is 4.90 Å².